The summed E-state index contributed by atoms with van der Waals surface area (Å²) in [5.74, 6) is 1.84. The van der Waals surface area contributed by atoms with Crippen molar-refractivity contribution in [1.82, 2.24) is 0 Å². The van der Waals surface area contributed by atoms with Gasteiger partial charge in [-0.2, -0.15) is 0 Å². The highest BCUT2D eigenvalue weighted by atomic mass is 16.5. The Hall–Kier alpha value is -1.06. The first-order valence-electron chi connectivity index (χ1n) is 7.38. The van der Waals surface area contributed by atoms with E-state index in [1.807, 2.05) is 24.3 Å². The minimum atomic E-state index is 0.522. The monoisotopic (exact) mass is 263 g/mol. The molecule has 106 valence electrons. The highest BCUT2D eigenvalue weighted by Crippen LogP contribution is 2.29. The van der Waals surface area contributed by atoms with Gasteiger partial charge < -0.3 is 15.2 Å². The van der Waals surface area contributed by atoms with Gasteiger partial charge in [-0.1, -0.05) is 37.5 Å². The van der Waals surface area contributed by atoms with Crippen molar-refractivity contribution < 1.29 is 9.47 Å². The van der Waals surface area contributed by atoms with Gasteiger partial charge in [0.05, 0.1) is 6.61 Å². The summed E-state index contributed by atoms with van der Waals surface area (Å²) in [5, 5.41) is 0. The van der Waals surface area contributed by atoms with Crippen LogP contribution < -0.4 is 10.5 Å². The van der Waals surface area contributed by atoms with E-state index in [0.29, 0.717) is 13.2 Å². The fourth-order valence-corrected chi connectivity index (χ4v) is 2.29. The quantitative estimate of drug-likeness (QED) is 0.696. The standard InChI is InChI=1S/C16H25NO2/c17-13-15-7-1-2-8-16(15)19-11-4-10-18-12-9-14-5-3-6-14/h1-2,7-8,14H,3-6,9-13,17H2. The van der Waals surface area contributed by atoms with Crippen LogP contribution in [0.2, 0.25) is 0 Å². The molecule has 0 aromatic heterocycles. The number of ether oxygens (including phenoxy) is 2. The molecule has 2 N–H and O–H groups in total. The van der Waals surface area contributed by atoms with Crippen LogP contribution in [0.3, 0.4) is 0 Å². The summed E-state index contributed by atoms with van der Waals surface area (Å²) in [5.41, 5.74) is 6.73. The Morgan fingerprint density at radius 3 is 2.68 bits per heavy atom. The Bertz CT molecular complexity index is 364. The molecule has 1 saturated carbocycles. The smallest absolute Gasteiger partial charge is 0.123 e. The molecule has 1 aliphatic carbocycles. The van der Waals surface area contributed by atoms with Gasteiger partial charge in [0, 0.05) is 31.7 Å². The maximum absolute atomic E-state index is 5.73. The summed E-state index contributed by atoms with van der Waals surface area (Å²) in [6, 6.07) is 7.94. The summed E-state index contributed by atoms with van der Waals surface area (Å²) in [6.45, 7) is 2.91. The Morgan fingerprint density at radius 1 is 1.11 bits per heavy atom. The van der Waals surface area contributed by atoms with Crippen LogP contribution in [0.4, 0.5) is 0 Å². The molecule has 0 saturated heterocycles. The maximum atomic E-state index is 5.73. The second-order valence-electron chi connectivity index (χ2n) is 5.21. The van der Waals surface area contributed by atoms with Crippen molar-refractivity contribution >= 4 is 0 Å². The highest BCUT2D eigenvalue weighted by Gasteiger charge is 2.16. The van der Waals surface area contributed by atoms with Crippen molar-refractivity contribution in [1.29, 1.82) is 0 Å². The molecule has 0 spiro atoms. The lowest BCUT2D eigenvalue weighted by molar-refractivity contribution is 0.0960. The first-order valence-corrected chi connectivity index (χ1v) is 7.38. The predicted molar refractivity (Wildman–Crippen MR) is 77.2 cm³/mol. The number of nitrogens with two attached hydrogens (primary N) is 1. The number of hydrogen-bond donors (Lipinski definition) is 1. The first-order chi connectivity index (χ1) is 9.40. The van der Waals surface area contributed by atoms with Gasteiger partial charge in [0.15, 0.2) is 0 Å². The van der Waals surface area contributed by atoms with Gasteiger partial charge in [-0.05, 0) is 18.4 Å². The van der Waals surface area contributed by atoms with E-state index in [1.165, 1.54) is 25.7 Å². The third kappa shape index (κ3) is 4.84. The zero-order valence-corrected chi connectivity index (χ0v) is 11.6. The first kappa shape index (κ1) is 14.4. The van der Waals surface area contributed by atoms with Crippen LogP contribution in [-0.2, 0) is 11.3 Å². The average Bonchev–Trinajstić information content (AvgIpc) is 2.40. The lowest BCUT2D eigenvalue weighted by atomic mass is 9.83. The third-order valence-electron chi connectivity index (χ3n) is 3.78. The van der Waals surface area contributed by atoms with Crippen LogP contribution in [0, 0.1) is 5.92 Å². The topological polar surface area (TPSA) is 44.5 Å². The summed E-state index contributed by atoms with van der Waals surface area (Å²) >= 11 is 0. The second kappa shape index (κ2) is 8.18. The van der Waals surface area contributed by atoms with Crippen molar-refractivity contribution in [2.24, 2.45) is 11.7 Å². The molecule has 0 unspecified atom stereocenters. The van der Waals surface area contributed by atoms with Crippen molar-refractivity contribution in [3.8, 4) is 5.75 Å². The molecule has 0 heterocycles. The number of benzene rings is 1. The van der Waals surface area contributed by atoms with Crippen molar-refractivity contribution in [3.05, 3.63) is 29.8 Å². The zero-order valence-electron chi connectivity index (χ0n) is 11.6. The van der Waals surface area contributed by atoms with E-state index in [2.05, 4.69) is 0 Å². The zero-order chi connectivity index (χ0) is 13.3. The number of rotatable bonds is 9. The molecule has 3 nitrogen and oxygen atoms in total. The molecule has 1 aromatic rings. The van der Waals surface area contributed by atoms with E-state index in [0.717, 1.165) is 36.9 Å². The van der Waals surface area contributed by atoms with Crippen LogP contribution in [-0.4, -0.2) is 19.8 Å². The van der Waals surface area contributed by atoms with Crippen molar-refractivity contribution in [2.45, 2.75) is 38.6 Å². The molecule has 0 aliphatic heterocycles. The Morgan fingerprint density at radius 2 is 1.95 bits per heavy atom. The van der Waals surface area contributed by atoms with E-state index in [-0.39, 0.29) is 0 Å². The van der Waals surface area contributed by atoms with Crippen LogP contribution in [0.15, 0.2) is 24.3 Å². The molecule has 0 bridgehead atoms. The Labute approximate surface area is 116 Å². The summed E-state index contributed by atoms with van der Waals surface area (Å²) in [6.07, 6.45) is 6.39. The second-order valence-corrected chi connectivity index (χ2v) is 5.21. The molecule has 1 aliphatic rings. The van der Waals surface area contributed by atoms with E-state index in [4.69, 9.17) is 15.2 Å². The van der Waals surface area contributed by atoms with Crippen LogP contribution in [0.5, 0.6) is 5.75 Å². The molecule has 1 aromatic carbocycles. The van der Waals surface area contributed by atoms with Gasteiger partial charge in [-0.3, -0.25) is 0 Å². The van der Waals surface area contributed by atoms with E-state index >= 15 is 0 Å². The van der Waals surface area contributed by atoms with Gasteiger partial charge in [0.2, 0.25) is 0 Å². The Balaban J connectivity index is 1.51. The van der Waals surface area contributed by atoms with E-state index in [1.54, 1.807) is 0 Å². The molecular formula is C16H25NO2. The van der Waals surface area contributed by atoms with Gasteiger partial charge >= 0.3 is 0 Å². The number of para-hydroxylation sites is 1. The van der Waals surface area contributed by atoms with Crippen LogP contribution in [0.1, 0.15) is 37.7 Å². The van der Waals surface area contributed by atoms with Crippen LogP contribution in [0.25, 0.3) is 0 Å². The van der Waals surface area contributed by atoms with Gasteiger partial charge in [-0.25, -0.2) is 0 Å². The molecular weight excluding hydrogens is 238 g/mol. The van der Waals surface area contributed by atoms with Crippen molar-refractivity contribution in [3.63, 3.8) is 0 Å². The SMILES string of the molecule is NCc1ccccc1OCCCOCCC1CCC1. The molecule has 0 radical (unpaired) electrons. The maximum Gasteiger partial charge on any atom is 0.123 e. The minimum absolute atomic E-state index is 0.522. The third-order valence-corrected chi connectivity index (χ3v) is 3.78. The molecule has 0 atom stereocenters. The lowest BCUT2D eigenvalue weighted by Gasteiger charge is -2.24. The number of hydrogen-bond acceptors (Lipinski definition) is 3. The fourth-order valence-electron chi connectivity index (χ4n) is 2.29. The summed E-state index contributed by atoms with van der Waals surface area (Å²) in [4.78, 5) is 0. The van der Waals surface area contributed by atoms with E-state index < -0.39 is 0 Å². The molecule has 1 fully saturated rings. The minimum Gasteiger partial charge on any atom is -0.493 e. The van der Waals surface area contributed by atoms with Gasteiger partial charge in [-0.15, -0.1) is 0 Å². The largest absolute Gasteiger partial charge is 0.493 e. The predicted octanol–water partition coefficient (Wildman–Crippen LogP) is 3.12. The van der Waals surface area contributed by atoms with E-state index in [9.17, 15) is 0 Å². The van der Waals surface area contributed by atoms with Crippen molar-refractivity contribution in [2.75, 3.05) is 19.8 Å². The molecule has 2 rings (SSSR count). The summed E-state index contributed by atoms with van der Waals surface area (Å²) in [7, 11) is 0. The van der Waals surface area contributed by atoms with Gasteiger partial charge in [0.1, 0.15) is 5.75 Å². The van der Waals surface area contributed by atoms with Crippen LogP contribution >= 0.6 is 0 Å². The molecule has 0 amide bonds. The summed E-state index contributed by atoms with van der Waals surface area (Å²) < 4.78 is 11.4. The molecule has 3 heteroatoms. The highest BCUT2D eigenvalue weighted by molar-refractivity contribution is 5.32. The normalized spacial score (nSPS) is 15.2. The molecule has 19 heavy (non-hydrogen) atoms. The average molecular weight is 263 g/mol. The lowest BCUT2D eigenvalue weighted by Crippen LogP contribution is -2.14. The van der Waals surface area contributed by atoms with Gasteiger partial charge in [0.25, 0.3) is 0 Å². The Kier molecular flexibility index (Phi) is 6.18. The fraction of sp³-hybridized carbons (Fsp3) is 0.625.